The maximum atomic E-state index is 12.9. The van der Waals surface area contributed by atoms with Gasteiger partial charge >= 0.3 is 0 Å². The number of carbonyl (C=O) groups excluding carboxylic acids is 1. The summed E-state index contributed by atoms with van der Waals surface area (Å²) in [5, 5.41) is 3.75. The van der Waals surface area contributed by atoms with Crippen LogP contribution in [-0.4, -0.2) is 43.3 Å². The van der Waals surface area contributed by atoms with Crippen LogP contribution in [0.2, 0.25) is 0 Å². The summed E-state index contributed by atoms with van der Waals surface area (Å²) < 4.78 is 37.0. The van der Waals surface area contributed by atoms with E-state index in [-0.39, 0.29) is 6.10 Å². The lowest BCUT2D eigenvalue weighted by atomic mass is 10.0. The van der Waals surface area contributed by atoms with Crippen LogP contribution in [0.15, 0.2) is 42.7 Å². The molecule has 0 radical (unpaired) electrons. The van der Waals surface area contributed by atoms with Crippen LogP contribution in [0.5, 0.6) is 11.5 Å². The first kappa shape index (κ1) is 24.1. The molecule has 4 N–H and O–H groups in total. The Hall–Kier alpha value is -3.60. The minimum absolute atomic E-state index is 0.0791. The summed E-state index contributed by atoms with van der Waals surface area (Å²) >= 11 is 0. The van der Waals surface area contributed by atoms with Crippen LogP contribution in [0.3, 0.4) is 0 Å². The van der Waals surface area contributed by atoms with Gasteiger partial charge in [-0.25, -0.2) is 18.4 Å². The maximum absolute atomic E-state index is 12.9. The fraction of sp³-hybridized carbons (Fsp3) is 0.318. The van der Waals surface area contributed by atoms with E-state index in [2.05, 4.69) is 15.3 Å². The molecule has 2 aromatic carbocycles. The molecule has 1 unspecified atom stereocenters. The molecule has 0 aliphatic heterocycles. The third-order valence-corrected chi connectivity index (χ3v) is 5.06. The minimum Gasteiger partial charge on any atom is -0.490 e. The van der Waals surface area contributed by atoms with Crippen LogP contribution in [-0.2, 0) is 14.8 Å². The van der Waals surface area contributed by atoms with E-state index in [4.69, 9.17) is 15.2 Å². The Kier molecular flexibility index (Phi) is 7.22. The summed E-state index contributed by atoms with van der Waals surface area (Å²) in [5.74, 6) is 0.553. The number of benzene rings is 2. The topological polar surface area (TPSA) is 146 Å². The second-order valence-corrected chi connectivity index (χ2v) is 9.36. The Morgan fingerprint density at radius 1 is 1.12 bits per heavy atom. The molecule has 3 aromatic rings. The smallest absolute Gasteiger partial charge is 0.260 e. The molecule has 1 atom stereocenters. The van der Waals surface area contributed by atoms with Crippen molar-refractivity contribution in [2.45, 2.75) is 32.9 Å². The monoisotopic (exact) mass is 473 g/mol. The second kappa shape index (κ2) is 9.90. The zero-order valence-corrected chi connectivity index (χ0v) is 19.6. The SMILES string of the molecule is CCOc1cc(C(Nc2ccc3c(N)ncnc3c2)C(=O)NS(C)(=O)=O)ccc1OC(C)C. The molecular formula is C22H27N5O5S. The van der Waals surface area contributed by atoms with Crippen molar-refractivity contribution in [3.63, 3.8) is 0 Å². The summed E-state index contributed by atoms with van der Waals surface area (Å²) in [4.78, 5) is 21.1. The van der Waals surface area contributed by atoms with Gasteiger partial charge in [0.1, 0.15) is 18.2 Å². The highest BCUT2D eigenvalue weighted by atomic mass is 32.2. The largest absolute Gasteiger partial charge is 0.490 e. The number of aromatic nitrogens is 2. The number of nitrogens with zero attached hydrogens (tertiary/aromatic N) is 2. The highest BCUT2D eigenvalue weighted by molar-refractivity contribution is 7.89. The van der Waals surface area contributed by atoms with Crippen molar-refractivity contribution < 1.29 is 22.7 Å². The second-order valence-electron chi connectivity index (χ2n) is 7.61. The molecule has 0 aliphatic rings. The highest BCUT2D eigenvalue weighted by Gasteiger charge is 2.25. The molecule has 11 heteroatoms. The summed E-state index contributed by atoms with van der Waals surface area (Å²) in [7, 11) is -3.79. The van der Waals surface area contributed by atoms with E-state index in [1.807, 2.05) is 25.5 Å². The van der Waals surface area contributed by atoms with Gasteiger partial charge in [0, 0.05) is 11.1 Å². The fourth-order valence-corrected chi connectivity index (χ4v) is 3.68. The van der Waals surface area contributed by atoms with Gasteiger partial charge in [0.2, 0.25) is 10.0 Å². The van der Waals surface area contributed by atoms with Crippen molar-refractivity contribution in [2.75, 3.05) is 23.9 Å². The number of nitrogens with one attached hydrogen (secondary N) is 2. The summed E-state index contributed by atoms with van der Waals surface area (Å²) in [6, 6.07) is 9.11. The van der Waals surface area contributed by atoms with Gasteiger partial charge in [-0.2, -0.15) is 0 Å². The Balaban J connectivity index is 2.03. The van der Waals surface area contributed by atoms with Gasteiger partial charge in [0.25, 0.3) is 5.91 Å². The molecule has 0 saturated heterocycles. The summed E-state index contributed by atoms with van der Waals surface area (Å²) in [5.41, 5.74) is 7.48. The maximum Gasteiger partial charge on any atom is 0.260 e. The van der Waals surface area contributed by atoms with Crippen molar-refractivity contribution in [3.8, 4) is 11.5 Å². The number of rotatable bonds is 9. The number of nitrogen functional groups attached to an aromatic ring is 1. The Bertz CT molecular complexity index is 1260. The number of hydrogen-bond donors (Lipinski definition) is 3. The van der Waals surface area contributed by atoms with Gasteiger partial charge in [0.15, 0.2) is 11.5 Å². The van der Waals surface area contributed by atoms with Gasteiger partial charge in [-0.3, -0.25) is 9.52 Å². The van der Waals surface area contributed by atoms with E-state index in [1.165, 1.54) is 6.33 Å². The molecule has 1 heterocycles. The van der Waals surface area contributed by atoms with Gasteiger partial charge in [-0.05, 0) is 56.7 Å². The van der Waals surface area contributed by atoms with Crippen LogP contribution in [0, 0.1) is 0 Å². The average Bonchev–Trinajstić information content (AvgIpc) is 2.72. The predicted molar refractivity (Wildman–Crippen MR) is 127 cm³/mol. The number of fused-ring (bicyclic) bond motifs is 1. The fourth-order valence-electron chi connectivity index (χ4n) is 3.20. The van der Waals surface area contributed by atoms with E-state index in [9.17, 15) is 13.2 Å². The molecule has 1 amide bonds. The molecule has 0 bridgehead atoms. The van der Waals surface area contributed by atoms with Crippen molar-refractivity contribution in [1.82, 2.24) is 14.7 Å². The highest BCUT2D eigenvalue weighted by Crippen LogP contribution is 2.33. The van der Waals surface area contributed by atoms with Crippen molar-refractivity contribution in [2.24, 2.45) is 0 Å². The molecule has 0 fully saturated rings. The lowest BCUT2D eigenvalue weighted by Crippen LogP contribution is -2.37. The van der Waals surface area contributed by atoms with Crippen molar-refractivity contribution in [3.05, 3.63) is 48.3 Å². The van der Waals surface area contributed by atoms with Crippen LogP contribution in [0.25, 0.3) is 10.9 Å². The Morgan fingerprint density at radius 3 is 2.55 bits per heavy atom. The number of nitrogens with two attached hydrogens (primary N) is 1. The lowest BCUT2D eigenvalue weighted by Gasteiger charge is -2.22. The minimum atomic E-state index is -3.79. The van der Waals surface area contributed by atoms with E-state index in [0.717, 1.165) is 6.26 Å². The van der Waals surface area contributed by atoms with Crippen molar-refractivity contribution in [1.29, 1.82) is 0 Å². The van der Waals surface area contributed by atoms with E-state index in [1.54, 1.807) is 36.4 Å². The first-order valence-electron chi connectivity index (χ1n) is 10.3. The van der Waals surface area contributed by atoms with Crippen LogP contribution in [0.4, 0.5) is 11.5 Å². The number of hydrogen-bond acceptors (Lipinski definition) is 9. The molecular weight excluding hydrogens is 446 g/mol. The normalized spacial score (nSPS) is 12.4. The first-order valence-corrected chi connectivity index (χ1v) is 12.2. The molecule has 10 nitrogen and oxygen atoms in total. The third kappa shape index (κ3) is 6.22. The van der Waals surface area contributed by atoms with E-state index >= 15 is 0 Å². The summed E-state index contributed by atoms with van der Waals surface area (Å²) in [6.45, 7) is 6.01. The molecule has 0 aliphatic carbocycles. The molecule has 3 rings (SSSR count). The first-order chi connectivity index (χ1) is 15.6. The standard InChI is InChI=1S/C22H27N5O5S/c1-5-31-19-10-14(6-9-18(19)32-13(2)3)20(22(28)27-33(4,29)30)26-15-7-8-16-17(11-15)24-12-25-21(16)23/h6-13,20,26H,5H2,1-4H3,(H,27,28)(H2,23,24,25). The van der Waals surface area contributed by atoms with Gasteiger partial charge in [0.05, 0.1) is 24.5 Å². The zero-order valence-electron chi connectivity index (χ0n) is 18.8. The predicted octanol–water partition coefficient (Wildman–Crippen LogP) is 2.63. The van der Waals surface area contributed by atoms with Gasteiger partial charge < -0.3 is 20.5 Å². The molecule has 0 spiro atoms. The Morgan fingerprint density at radius 2 is 1.88 bits per heavy atom. The molecule has 176 valence electrons. The molecule has 1 aromatic heterocycles. The number of carbonyl (C=O) groups is 1. The number of sulfonamides is 1. The van der Waals surface area contributed by atoms with E-state index < -0.39 is 22.0 Å². The zero-order chi connectivity index (χ0) is 24.2. The molecule has 0 saturated carbocycles. The van der Waals surface area contributed by atoms with E-state index in [0.29, 0.717) is 46.1 Å². The van der Waals surface area contributed by atoms with Crippen LogP contribution < -0.4 is 25.2 Å². The lowest BCUT2D eigenvalue weighted by molar-refractivity contribution is -0.120. The third-order valence-electron chi connectivity index (χ3n) is 4.49. The van der Waals surface area contributed by atoms with Crippen molar-refractivity contribution >= 4 is 38.3 Å². The van der Waals surface area contributed by atoms with Crippen LogP contribution >= 0.6 is 0 Å². The number of amides is 1. The van der Waals surface area contributed by atoms with Crippen LogP contribution in [0.1, 0.15) is 32.4 Å². The van der Waals surface area contributed by atoms with Gasteiger partial charge in [-0.1, -0.05) is 6.07 Å². The number of anilines is 2. The molecule has 33 heavy (non-hydrogen) atoms. The Labute approximate surface area is 192 Å². The van der Waals surface area contributed by atoms with Gasteiger partial charge in [-0.15, -0.1) is 0 Å². The average molecular weight is 474 g/mol. The number of ether oxygens (including phenoxy) is 2. The quantitative estimate of drug-likeness (QED) is 0.427. The summed E-state index contributed by atoms with van der Waals surface area (Å²) in [6.07, 6.45) is 2.18.